The van der Waals surface area contributed by atoms with Crippen LogP contribution in [0.4, 0.5) is 11.6 Å². The highest BCUT2D eigenvalue weighted by molar-refractivity contribution is 6.00. The number of aliphatic hydroxyl groups excluding tert-OH is 1. The number of nitrogens with two attached hydrogens (primary N) is 2. The van der Waals surface area contributed by atoms with Crippen LogP contribution in [0.5, 0.6) is 0 Å². The van der Waals surface area contributed by atoms with Crippen LogP contribution >= 0.6 is 0 Å². The summed E-state index contributed by atoms with van der Waals surface area (Å²) in [6.07, 6.45) is -1.34. The van der Waals surface area contributed by atoms with E-state index >= 15 is 0 Å². The fourth-order valence-electron chi connectivity index (χ4n) is 4.77. The lowest BCUT2D eigenvalue weighted by Gasteiger charge is -2.34. The number of nitrogens with zero attached hydrogens (tertiary/aromatic N) is 2. The van der Waals surface area contributed by atoms with E-state index in [4.69, 9.17) is 11.5 Å². The van der Waals surface area contributed by atoms with Gasteiger partial charge in [-0.2, -0.15) is 0 Å². The topological polar surface area (TPSA) is 150 Å². The molecule has 37 heavy (non-hydrogen) atoms. The van der Waals surface area contributed by atoms with E-state index < -0.39 is 24.0 Å². The summed E-state index contributed by atoms with van der Waals surface area (Å²) < 4.78 is 0. The number of H-pyrrole nitrogens is 1. The number of fused-ring (bicyclic) bond motifs is 1. The predicted molar refractivity (Wildman–Crippen MR) is 146 cm³/mol. The Balaban J connectivity index is 1.66. The van der Waals surface area contributed by atoms with Gasteiger partial charge in [0.2, 0.25) is 5.91 Å². The Bertz CT molecular complexity index is 1440. The van der Waals surface area contributed by atoms with Crippen LogP contribution in [-0.2, 0) is 4.79 Å². The summed E-state index contributed by atoms with van der Waals surface area (Å²) in [5, 5.41) is 14.1. The zero-order valence-corrected chi connectivity index (χ0v) is 21.2. The molecule has 192 valence electrons. The summed E-state index contributed by atoms with van der Waals surface area (Å²) in [5.74, 6) is -0.731. The van der Waals surface area contributed by atoms with E-state index in [1.165, 1.54) is 0 Å². The molecule has 0 aliphatic heterocycles. The van der Waals surface area contributed by atoms with Gasteiger partial charge in [-0.05, 0) is 66.5 Å². The van der Waals surface area contributed by atoms with Crippen molar-refractivity contribution in [3.63, 3.8) is 0 Å². The number of carbonyl (C=O) groups is 2. The maximum Gasteiger partial charge on any atom is 0.255 e. The van der Waals surface area contributed by atoms with Gasteiger partial charge in [-0.3, -0.25) is 14.5 Å². The Morgan fingerprint density at radius 1 is 1.08 bits per heavy atom. The molecule has 3 aromatic carbocycles. The number of imidazole rings is 1. The number of hydrogen-bond donors (Lipinski definition) is 5. The van der Waals surface area contributed by atoms with Crippen LogP contribution in [0.3, 0.4) is 0 Å². The number of primary amides is 1. The summed E-state index contributed by atoms with van der Waals surface area (Å²) in [6, 6.07) is 17.5. The Hall–Kier alpha value is -4.21. The van der Waals surface area contributed by atoms with Crippen LogP contribution in [0.15, 0.2) is 60.7 Å². The fraction of sp³-hybridized carbons (Fsp3) is 0.250. The molecule has 0 saturated heterocycles. The van der Waals surface area contributed by atoms with Gasteiger partial charge in [-0.15, -0.1) is 0 Å². The number of benzene rings is 3. The van der Waals surface area contributed by atoms with Crippen LogP contribution in [0.1, 0.15) is 41.4 Å². The highest BCUT2D eigenvalue weighted by atomic mass is 16.3. The minimum atomic E-state index is -1.34. The number of amides is 2. The molecular formula is C28H32N6O3. The minimum Gasteiger partial charge on any atom is -0.381 e. The molecule has 1 aromatic heterocycles. The van der Waals surface area contributed by atoms with E-state index in [0.29, 0.717) is 35.4 Å². The molecule has 0 saturated carbocycles. The Morgan fingerprint density at radius 2 is 1.81 bits per heavy atom. The molecule has 4 rings (SSSR count). The SMILES string of the molecule is CCN(CC)C(c1ccc(-c2ccccc2C(N)=O)cc1C)C(O)C(=O)Nc1ccc2nc(N)[nH]c2c1. The van der Waals surface area contributed by atoms with Crippen molar-refractivity contribution in [3.05, 3.63) is 77.4 Å². The van der Waals surface area contributed by atoms with E-state index in [-0.39, 0.29) is 5.95 Å². The zero-order valence-electron chi connectivity index (χ0n) is 21.2. The van der Waals surface area contributed by atoms with Crippen molar-refractivity contribution in [2.24, 2.45) is 5.73 Å². The number of hydrogen-bond acceptors (Lipinski definition) is 6. The summed E-state index contributed by atoms with van der Waals surface area (Å²) in [7, 11) is 0. The van der Waals surface area contributed by atoms with Gasteiger partial charge >= 0.3 is 0 Å². The van der Waals surface area contributed by atoms with Crippen LogP contribution in [0.2, 0.25) is 0 Å². The lowest BCUT2D eigenvalue weighted by atomic mass is 9.90. The Labute approximate surface area is 215 Å². The highest BCUT2D eigenvalue weighted by Gasteiger charge is 2.32. The number of nitrogen functional groups attached to an aromatic ring is 1. The number of anilines is 2. The normalized spacial score (nSPS) is 13.0. The maximum absolute atomic E-state index is 13.2. The molecule has 0 aliphatic carbocycles. The van der Waals surface area contributed by atoms with Gasteiger partial charge in [0.1, 0.15) is 0 Å². The standard InChI is InChI=1S/C28H32N6O3/c1-4-34(5-2)24(25(35)27(37)31-18-11-13-22-23(15-18)33-28(30)32-22)19-12-10-17(14-16(19)3)20-8-6-7-9-21(20)26(29)36/h6-15,24-25,35H,4-5H2,1-3H3,(H2,29,36)(H,31,37)(H3,30,32,33). The number of aryl methyl sites for hydroxylation is 1. The number of aromatic nitrogens is 2. The molecule has 0 bridgehead atoms. The van der Waals surface area contributed by atoms with Crippen LogP contribution in [-0.4, -0.2) is 51.0 Å². The molecule has 9 heteroatoms. The van der Waals surface area contributed by atoms with E-state index in [9.17, 15) is 14.7 Å². The lowest BCUT2D eigenvalue weighted by molar-refractivity contribution is -0.127. The number of carbonyl (C=O) groups excluding carboxylic acids is 2. The average molecular weight is 501 g/mol. The third-order valence-electron chi connectivity index (χ3n) is 6.63. The Morgan fingerprint density at radius 3 is 2.49 bits per heavy atom. The van der Waals surface area contributed by atoms with Crippen molar-refractivity contribution in [1.29, 1.82) is 0 Å². The zero-order chi connectivity index (χ0) is 26.7. The van der Waals surface area contributed by atoms with E-state index in [1.807, 2.05) is 56.0 Å². The van der Waals surface area contributed by atoms with Crippen molar-refractivity contribution in [2.45, 2.75) is 32.9 Å². The number of aliphatic hydroxyl groups is 1. The van der Waals surface area contributed by atoms with Crippen molar-refractivity contribution in [1.82, 2.24) is 14.9 Å². The molecule has 2 amide bonds. The first-order valence-corrected chi connectivity index (χ1v) is 12.2. The molecule has 7 N–H and O–H groups in total. The van der Waals surface area contributed by atoms with Crippen molar-refractivity contribution >= 4 is 34.5 Å². The van der Waals surface area contributed by atoms with E-state index in [2.05, 4.69) is 15.3 Å². The molecule has 2 atom stereocenters. The molecule has 1 heterocycles. The van der Waals surface area contributed by atoms with Crippen molar-refractivity contribution in [2.75, 3.05) is 24.1 Å². The molecule has 4 aromatic rings. The van der Waals surface area contributed by atoms with Crippen LogP contribution < -0.4 is 16.8 Å². The molecule has 0 aliphatic rings. The second-order valence-electron chi connectivity index (χ2n) is 8.94. The monoisotopic (exact) mass is 500 g/mol. The molecule has 9 nitrogen and oxygen atoms in total. The number of nitrogens with one attached hydrogen (secondary N) is 2. The third-order valence-corrected chi connectivity index (χ3v) is 6.63. The van der Waals surface area contributed by atoms with Gasteiger partial charge in [-0.1, -0.05) is 50.2 Å². The van der Waals surface area contributed by atoms with Crippen molar-refractivity contribution in [3.8, 4) is 11.1 Å². The van der Waals surface area contributed by atoms with Crippen LogP contribution in [0.25, 0.3) is 22.2 Å². The molecule has 2 unspecified atom stereocenters. The Kier molecular flexibility index (Phi) is 7.56. The van der Waals surface area contributed by atoms with Gasteiger partial charge < -0.3 is 26.9 Å². The fourth-order valence-corrected chi connectivity index (χ4v) is 4.77. The number of likely N-dealkylation sites (N-methyl/N-ethyl adjacent to an activating group) is 1. The highest BCUT2D eigenvalue weighted by Crippen LogP contribution is 2.32. The first kappa shape index (κ1) is 25.9. The third kappa shape index (κ3) is 5.32. The average Bonchev–Trinajstić information content (AvgIpc) is 3.26. The second-order valence-corrected chi connectivity index (χ2v) is 8.94. The van der Waals surface area contributed by atoms with E-state index in [0.717, 1.165) is 22.3 Å². The first-order valence-electron chi connectivity index (χ1n) is 12.2. The molecule has 0 fully saturated rings. The predicted octanol–water partition coefficient (Wildman–Crippen LogP) is 3.60. The van der Waals surface area contributed by atoms with Gasteiger partial charge in [0.25, 0.3) is 5.91 Å². The maximum atomic E-state index is 13.2. The quantitative estimate of drug-likeness (QED) is 0.237. The van der Waals surface area contributed by atoms with E-state index in [1.54, 1.807) is 30.3 Å². The first-order chi connectivity index (χ1) is 17.7. The summed E-state index contributed by atoms with van der Waals surface area (Å²) in [4.78, 5) is 34.3. The number of aromatic amines is 1. The lowest BCUT2D eigenvalue weighted by Crippen LogP contribution is -2.43. The number of rotatable bonds is 9. The van der Waals surface area contributed by atoms with Gasteiger partial charge in [0, 0.05) is 11.3 Å². The van der Waals surface area contributed by atoms with Gasteiger partial charge in [0.15, 0.2) is 12.1 Å². The summed E-state index contributed by atoms with van der Waals surface area (Å²) >= 11 is 0. The second kappa shape index (κ2) is 10.8. The van der Waals surface area contributed by atoms with Crippen molar-refractivity contribution < 1.29 is 14.7 Å². The smallest absolute Gasteiger partial charge is 0.255 e. The summed E-state index contributed by atoms with van der Waals surface area (Å²) in [5.41, 5.74) is 16.9. The molecular weight excluding hydrogens is 468 g/mol. The summed E-state index contributed by atoms with van der Waals surface area (Å²) in [6.45, 7) is 7.19. The van der Waals surface area contributed by atoms with Gasteiger partial charge in [0.05, 0.1) is 17.1 Å². The van der Waals surface area contributed by atoms with Gasteiger partial charge in [-0.25, -0.2) is 4.98 Å². The molecule has 0 radical (unpaired) electrons. The van der Waals surface area contributed by atoms with Crippen LogP contribution in [0, 0.1) is 6.92 Å². The minimum absolute atomic E-state index is 0.289. The largest absolute Gasteiger partial charge is 0.381 e. The molecule has 0 spiro atoms.